The van der Waals surface area contributed by atoms with Gasteiger partial charge < -0.3 is 20.7 Å². The Morgan fingerprint density at radius 1 is 1.00 bits per heavy atom. The van der Waals surface area contributed by atoms with E-state index in [2.05, 4.69) is 58.4 Å². The van der Waals surface area contributed by atoms with Gasteiger partial charge in [0.05, 0.1) is 0 Å². The van der Waals surface area contributed by atoms with Crippen LogP contribution in [-0.2, 0) is 17.6 Å². The molecule has 4 rings (SSSR count). The van der Waals surface area contributed by atoms with E-state index in [1.54, 1.807) is 0 Å². The van der Waals surface area contributed by atoms with Gasteiger partial charge in [-0.1, -0.05) is 41.9 Å². The average Bonchev–Trinajstić information content (AvgIpc) is 2.95. The molecule has 1 amide bonds. The summed E-state index contributed by atoms with van der Waals surface area (Å²) in [6, 6.07) is 19.0. The second kappa shape index (κ2) is 9.98. The molecule has 1 heterocycles. The Bertz CT molecular complexity index is 1200. The molecule has 3 aromatic carbocycles. The van der Waals surface area contributed by atoms with Crippen LogP contribution >= 0.6 is 11.6 Å². The molecule has 1 aliphatic rings. The van der Waals surface area contributed by atoms with E-state index in [-0.39, 0.29) is 0 Å². The van der Waals surface area contributed by atoms with Crippen molar-refractivity contribution in [3.8, 4) is 11.1 Å². The van der Waals surface area contributed by atoms with Crippen LogP contribution in [0.5, 0.6) is 0 Å². The number of ether oxygens (including phenoxy) is 1. The van der Waals surface area contributed by atoms with Crippen molar-refractivity contribution >= 4 is 34.8 Å². The molecule has 0 unspecified atom stereocenters. The lowest BCUT2D eigenvalue weighted by molar-refractivity contribution is 0.0530. The fraction of sp³-hybridized carbons (Fsp3) is 0.321. The Balaban J connectivity index is 1.60. The van der Waals surface area contributed by atoms with Gasteiger partial charge in [0.25, 0.3) is 0 Å². The standard InChI is InChI=1S/C28H32ClN3O2/c1-18-9-10-20(16-23(18)29)22-15-21-12-11-19-7-5-6-8-24(19)32-25(21)17-26(22)30-13-14-31-27(33)34-28(2,3)4/h5-10,15-17,30,32H,11-14H2,1-4H3,(H,31,33). The smallest absolute Gasteiger partial charge is 0.407 e. The van der Waals surface area contributed by atoms with Crippen molar-refractivity contribution in [2.24, 2.45) is 0 Å². The third-order valence-corrected chi connectivity index (χ3v) is 6.19. The van der Waals surface area contributed by atoms with E-state index in [9.17, 15) is 4.79 Å². The van der Waals surface area contributed by atoms with Crippen molar-refractivity contribution in [3.05, 3.63) is 76.3 Å². The minimum atomic E-state index is -0.519. The first kappa shape index (κ1) is 24.0. The van der Waals surface area contributed by atoms with Gasteiger partial charge in [-0.05, 0) is 87.1 Å². The van der Waals surface area contributed by atoms with Crippen LogP contribution in [0.2, 0.25) is 5.02 Å². The Morgan fingerprint density at radius 2 is 1.76 bits per heavy atom. The first-order chi connectivity index (χ1) is 16.2. The number of nitrogens with one attached hydrogen (secondary N) is 3. The van der Waals surface area contributed by atoms with Crippen LogP contribution in [-0.4, -0.2) is 24.8 Å². The molecule has 3 N–H and O–H groups in total. The van der Waals surface area contributed by atoms with Crippen LogP contribution in [0.15, 0.2) is 54.6 Å². The van der Waals surface area contributed by atoms with Crippen LogP contribution in [0, 0.1) is 6.92 Å². The van der Waals surface area contributed by atoms with Crippen molar-refractivity contribution in [2.45, 2.75) is 46.1 Å². The molecule has 0 fully saturated rings. The predicted octanol–water partition coefficient (Wildman–Crippen LogP) is 7.09. The number of alkyl carbamates (subject to hydrolysis) is 1. The summed E-state index contributed by atoms with van der Waals surface area (Å²) >= 11 is 6.47. The van der Waals surface area contributed by atoms with E-state index in [0.29, 0.717) is 13.1 Å². The van der Waals surface area contributed by atoms with Gasteiger partial charge in [-0.15, -0.1) is 0 Å². The van der Waals surface area contributed by atoms with Gasteiger partial charge in [0.2, 0.25) is 0 Å². The molecule has 0 radical (unpaired) electrons. The van der Waals surface area contributed by atoms with Gasteiger partial charge in [0.1, 0.15) is 5.60 Å². The number of aryl methyl sites for hydroxylation is 3. The van der Waals surface area contributed by atoms with Crippen molar-refractivity contribution in [1.82, 2.24) is 5.32 Å². The summed E-state index contributed by atoms with van der Waals surface area (Å²) in [5.74, 6) is 0. The van der Waals surface area contributed by atoms with Gasteiger partial charge in [-0.3, -0.25) is 0 Å². The Labute approximate surface area is 206 Å². The van der Waals surface area contributed by atoms with E-state index >= 15 is 0 Å². The highest BCUT2D eigenvalue weighted by atomic mass is 35.5. The minimum absolute atomic E-state index is 0.417. The number of hydrogen-bond donors (Lipinski definition) is 3. The molecule has 0 aliphatic carbocycles. The van der Waals surface area contributed by atoms with E-state index < -0.39 is 11.7 Å². The number of benzene rings is 3. The molecule has 178 valence electrons. The third kappa shape index (κ3) is 5.84. The third-order valence-electron chi connectivity index (χ3n) is 5.79. The van der Waals surface area contributed by atoms with E-state index in [1.165, 1.54) is 11.1 Å². The molecule has 6 heteroatoms. The first-order valence-corrected chi connectivity index (χ1v) is 12.1. The SMILES string of the molecule is Cc1ccc(-c2cc3c(cc2NCCNC(=O)OC(C)(C)C)Nc2ccccc2CC3)cc1Cl. The summed E-state index contributed by atoms with van der Waals surface area (Å²) < 4.78 is 5.33. The number of hydrogen-bond acceptors (Lipinski definition) is 4. The number of amides is 1. The largest absolute Gasteiger partial charge is 0.444 e. The summed E-state index contributed by atoms with van der Waals surface area (Å²) in [5.41, 5.74) is 8.47. The van der Waals surface area contributed by atoms with Crippen molar-refractivity contribution in [2.75, 3.05) is 23.7 Å². The monoisotopic (exact) mass is 477 g/mol. The lowest BCUT2D eigenvalue weighted by Crippen LogP contribution is -2.35. The maximum Gasteiger partial charge on any atom is 0.407 e. The zero-order chi connectivity index (χ0) is 24.3. The second-order valence-electron chi connectivity index (χ2n) is 9.66. The summed E-state index contributed by atoms with van der Waals surface area (Å²) in [6.07, 6.45) is 1.52. The maximum atomic E-state index is 12.0. The van der Waals surface area contributed by atoms with Crippen LogP contribution in [0.4, 0.5) is 21.9 Å². The van der Waals surface area contributed by atoms with Crippen molar-refractivity contribution in [1.29, 1.82) is 0 Å². The summed E-state index contributed by atoms with van der Waals surface area (Å²) in [5, 5.41) is 10.7. The van der Waals surface area contributed by atoms with Crippen molar-refractivity contribution < 1.29 is 9.53 Å². The second-order valence-corrected chi connectivity index (χ2v) is 10.1. The molecular formula is C28H32ClN3O2. The van der Waals surface area contributed by atoms with Crippen LogP contribution in [0.1, 0.15) is 37.5 Å². The first-order valence-electron chi connectivity index (χ1n) is 11.7. The average molecular weight is 478 g/mol. The summed E-state index contributed by atoms with van der Waals surface area (Å²) in [7, 11) is 0. The fourth-order valence-electron chi connectivity index (χ4n) is 4.06. The molecule has 0 atom stereocenters. The molecule has 0 aromatic heterocycles. The number of carbonyl (C=O) groups excluding carboxylic acids is 1. The number of halogens is 1. The molecule has 0 saturated heterocycles. The predicted molar refractivity (Wildman–Crippen MR) is 141 cm³/mol. The number of fused-ring (bicyclic) bond motifs is 2. The van der Waals surface area contributed by atoms with E-state index in [1.807, 2.05) is 39.8 Å². The van der Waals surface area contributed by atoms with E-state index in [4.69, 9.17) is 16.3 Å². The molecule has 0 spiro atoms. The fourth-order valence-corrected chi connectivity index (χ4v) is 4.24. The van der Waals surface area contributed by atoms with Gasteiger partial charge in [-0.2, -0.15) is 0 Å². The maximum absolute atomic E-state index is 12.0. The van der Waals surface area contributed by atoms with Crippen LogP contribution < -0.4 is 16.0 Å². The summed E-state index contributed by atoms with van der Waals surface area (Å²) in [6.45, 7) is 8.56. The highest BCUT2D eigenvalue weighted by Gasteiger charge is 2.18. The molecule has 0 bridgehead atoms. The van der Waals surface area contributed by atoms with Gasteiger partial charge in [0.15, 0.2) is 0 Å². The molecular weight excluding hydrogens is 446 g/mol. The Hall–Kier alpha value is -3.18. The number of carbonyl (C=O) groups is 1. The quantitative estimate of drug-likeness (QED) is 0.343. The Morgan fingerprint density at radius 3 is 2.53 bits per heavy atom. The van der Waals surface area contributed by atoms with Crippen molar-refractivity contribution in [3.63, 3.8) is 0 Å². The lowest BCUT2D eigenvalue weighted by atomic mass is 9.96. The summed E-state index contributed by atoms with van der Waals surface area (Å²) in [4.78, 5) is 12.0. The van der Waals surface area contributed by atoms with E-state index in [0.717, 1.165) is 51.6 Å². The number of anilines is 3. The zero-order valence-corrected chi connectivity index (χ0v) is 21.0. The molecule has 0 saturated carbocycles. The highest BCUT2D eigenvalue weighted by molar-refractivity contribution is 6.31. The zero-order valence-electron chi connectivity index (χ0n) is 20.2. The normalized spacial score (nSPS) is 12.6. The Kier molecular flexibility index (Phi) is 7.03. The van der Waals surface area contributed by atoms with Gasteiger partial charge in [-0.25, -0.2) is 4.79 Å². The molecule has 34 heavy (non-hydrogen) atoms. The van der Waals surface area contributed by atoms with Crippen LogP contribution in [0.25, 0.3) is 11.1 Å². The molecule has 1 aliphatic heterocycles. The van der Waals surface area contributed by atoms with Gasteiger partial charge >= 0.3 is 6.09 Å². The lowest BCUT2D eigenvalue weighted by Gasteiger charge is -2.20. The minimum Gasteiger partial charge on any atom is -0.444 e. The number of para-hydroxylation sites is 1. The van der Waals surface area contributed by atoms with Crippen LogP contribution in [0.3, 0.4) is 0 Å². The molecule has 5 nitrogen and oxygen atoms in total. The molecule has 3 aromatic rings. The van der Waals surface area contributed by atoms with Gasteiger partial charge in [0, 0.05) is 40.7 Å². The number of rotatable bonds is 5. The topological polar surface area (TPSA) is 62.4 Å². The highest BCUT2D eigenvalue weighted by Crippen LogP contribution is 2.38.